The summed E-state index contributed by atoms with van der Waals surface area (Å²) in [6, 6.07) is 14.7. The van der Waals surface area contributed by atoms with Crippen LogP contribution in [0.5, 0.6) is 0 Å². The van der Waals surface area contributed by atoms with Gasteiger partial charge in [-0.15, -0.1) is 0 Å². The van der Waals surface area contributed by atoms with Crippen LogP contribution in [0.15, 0.2) is 53.4 Å². The Bertz CT molecular complexity index is 796. The van der Waals surface area contributed by atoms with Gasteiger partial charge in [-0.3, -0.25) is 4.79 Å². The molecule has 0 unspecified atom stereocenters. The standard InChI is InChI=1S/C19H23NO3S/c1-3-24(22,23)18-10-8-16(9-11-18)12-13-20-19(21)14-17-7-5-4-6-15(17)2/h4-11H,3,12-14H2,1-2H3,(H,20,21). The van der Waals surface area contributed by atoms with Crippen molar-refractivity contribution in [3.05, 3.63) is 65.2 Å². The maximum atomic E-state index is 12.0. The summed E-state index contributed by atoms with van der Waals surface area (Å²) in [6.07, 6.45) is 1.05. The second kappa shape index (κ2) is 8.11. The third kappa shape index (κ3) is 4.93. The van der Waals surface area contributed by atoms with Gasteiger partial charge in [0, 0.05) is 6.54 Å². The molecule has 0 saturated carbocycles. The normalized spacial score (nSPS) is 11.2. The first-order valence-electron chi connectivity index (χ1n) is 8.05. The van der Waals surface area contributed by atoms with E-state index in [0.717, 1.165) is 16.7 Å². The van der Waals surface area contributed by atoms with E-state index < -0.39 is 9.84 Å². The van der Waals surface area contributed by atoms with Crippen molar-refractivity contribution in [2.75, 3.05) is 12.3 Å². The molecule has 2 rings (SSSR count). The average Bonchev–Trinajstić information content (AvgIpc) is 2.57. The van der Waals surface area contributed by atoms with Gasteiger partial charge >= 0.3 is 0 Å². The number of hydrogen-bond acceptors (Lipinski definition) is 3. The second-order valence-electron chi connectivity index (χ2n) is 5.75. The number of hydrogen-bond donors (Lipinski definition) is 1. The molecule has 0 radical (unpaired) electrons. The molecule has 0 aromatic heterocycles. The number of nitrogens with one attached hydrogen (secondary N) is 1. The molecule has 0 heterocycles. The average molecular weight is 345 g/mol. The van der Waals surface area contributed by atoms with E-state index in [0.29, 0.717) is 24.3 Å². The van der Waals surface area contributed by atoms with Crippen molar-refractivity contribution in [3.8, 4) is 0 Å². The molecule has 1 amide bonds. The molecule has 0 spiro atoms. The fraction of sp³-hybridized carbons (Fsp3) is 0.316. The van der Waals surface area contributed by atoms with E-state index in [1.807, 2.05) is 31.2 Å². The molecule has 4 nitrogen and oxygen atoms in total. The zero-order valence-electron chi connectivity index (χ0n) is 14.1. The van der Waals surface area contributed by atoms with Crippen LogP contribution in [-0.4, -0.2) is 26.6 Å². The largest absolute Gasteiger partial charge is 0.355 e. The molecule has 1 N–H and O–H groups in total. The van der Waals surface area contributed by atoms with Crippen LogP contribution in [0, 0.1) is 6.92 Å². The fourth-order valence-corrected chi connectivity index (χ4v) is 3.30. The third-order valence-electron chi connectivity index (χ3n) is 4.01. The van der Waals surface area contributed by atoms with Crippen LogP contribution in [-0.2, 0) is 27.5 Å². The highest BCUT2D eigenvalue weighted by molar-refractivity contribution is 7.91. The molecule has 24 heavy (non-hydrogen) atoms. The van der Waals surface area contributed by atoms with Crippen molar-refractivity contribution in [2.24, 2.45) is 0 Å². The topological polar surface area (TPSA) is 63.2 Å². The van der Waals surface area contributed by atoms with Crippen molar-refractivity contribution >= 4 is 15.7 Å². The Kier molecular flexibility index (Phi) is 6.15. The van der Waals surface area contributed by atoms with Gasteiger partial charge in [0.05, 0.1) is 17.1 Å². The molecule has 0 atom stereocenters. The highest BCUT2D eigenvalue weighted by Gasteiger charge is 2.10. The molecule has 2 aromatic rings. The summed E-state index contributed by atoms with van der Waals surface area (Å²) in [6.45, 7) is 4.16. The summed E-state index contributed by atoms with van der Waals surface area (Å²) in [5.41, 5.74) is 3.14. The smallest absolute Gasteiger partial charge is 0.224 e. The second-order valence-corrected chi connectivity index (χ2v) is 8.03. The van der Waals surface area contributed by atoms with Gasteiger partial charge in [-0.2, -0.15) is 0 Å². The van der Waals surface area contributed by atoms with Crippen LogP contribution >= 0.6 is 0 Å². The zero-order chi connectivity index (χ0) is 17.6. The first-order chi connectivity index (χ1) is 11.4. The van der Waals surface area contributed by atoms with E-state index in [1.54, 1.807) is 31.2 Å². The number of rotatable bonds is 7. The van der Waals surface area contributed by atoms with Gasteiger partial charge in [0.15, 0.2) is 9.84 Å². The van der Waals surface area contributed by atoms with Gasteiger partial charge in [-0.25, -0.2) is 8.42 Å². The van der Waals surface area contributed by atoms with E-state index in [4.69, 9.17) is 0 Å². The van der Waals surface area contributed by atoms with Gasteiger partial charge in [0.2, 0.25) is 5.91 Å². The summed E-state index contributed by atoms with van der Waals surface area (Å²) < 4.78 is 23.5. The first kappa shape index (κ1) is 18.2. The van der Waals surface area contributed by atoms with Crippen LogP contribution in [0.4, 0.5) is 0 Å². The van der Waals surface area contributed by atoms with E-state index in [1.165, 1.54) is 0 Å². The van der Waals surface area contributed by atoms with Gasteiger partial charge < -0.3 is 5.32 Å². The molecule has 0 aliphatic rings. The molecular formula is C19H23NO3S. The summed E-state index contributed by atoms with van der Waals surface area (Å²) >= 11 is 0. The van der Waals surface area contributed by atoms with E-state index in [-0.39, 0.29) is 11.7 Å². The first-order valence-corrected chi connectivity index (χ1v) is 9.70. The quantitative estimate of drug-likeness (QED) is 0.839. The number of aryl methyl sites for hydroxylation is 1. The summed E-state index contributed by atoms with van der Waals surface area (Å²) in [4.78, 5) is 12.3. The minimum Gasteiger partial charge on any atom is -0.355 e. The van der Waals surface area contributed by atoms with Crippen molar-refractivity contribution in [1.82, 2.24) is 5.32 Å². The maximum absolute atomic E-state index is 12.0. The SMILES string of the molecule is CCS(=O)(=O)c1ccc(CCNC(=O)Cc2ccccc2C)cc1. The number of amides is 1. The summed E-state index contributed by atoms with van der Waals surface area (Å²) in [7, 11) is -3.16. The molecule has 2 aromatic carbocycles. The molecule has 0 saturated heterocycles. The molecule has 128 valence electrons. The fourth-order valence-electron chi connectivity index (χ4n) is 2.42. The van der Waals surface area contributed by atoms with E-state index >= 15 is 0 Å². The summed E-state index contributed by atoms with van der Waals surface area (Å²) in [5, 5.41) is 2.91. The van der Waals surface area contributed by atoms with Gasteiger partial charge in [-0.05, 0) is 42.2 Å². The predicted octanol–water partition coefficient (Wildman–Crippen LogP) is 2.69. The van der Waals surface area contributed by atoms with Crippen molar-refractivity contribution in [3.63, 3.8) is 0 Å². The van der Waals surface area contributed by atoms with Gasteiger partial charge in [0.25, 0.3) is 0 Å². The lowest BCUT2D eigenvalue weighted by molar-refractivity contribution is -0.120. The monoisotopic (exact) mass is 345 g/mol. The number of sulfone groups is 1. The molecule has 0 bridgehead atoms. The lowest BCUT2D eigenvalue weighted by atomic mass is 10.1. The molecule has 0 fully saturated rings. The Balaban J connectivity index is 1.84. The third-order valence-corrected chi connectivity index (χ3v) is 5.76. The minimum atomic E-state index is -3.16. The van der Waals surface area contributed by atoms with Crippen molar-refractivity contribution < 1.29 is 13.2 Å². The maximum Gasteiger partial charge on any atom is 0.224 e. The number of carbonyl (C=O) groups excluding carboxylic acids is 1. The number of carbonyl (C=O) groups is 1. The number of benzene rings is 2. The highest BCUT2D eigenvalue weighted by atomic mass is 32.2. The Morgan fingerprint density at radius 1 is 1.04 bits per heavy atom. The molecule has 0 aliphatic carbocycles. The molecular weight excluding hydrogens is 322 g/mol. The minimum absolute atomic E-state index is 0.00511. The Morgan fingerprint density at radius 3 is 2.33 bits per heavy atom. The van der Waals surface area contributed by atoms with E-state index in [2.05, 4.69) is 5.32 Å². The molecule has 0 aliphatic heterocycles. The van der Waals surface area contributed by atoms with Gasteiger partial charge in [0.1, 0.15) is 0 Å². The van der Waals surface area contributed by atoms with Crippen LogP contribution in [0.1, 0.15) is 23.6 Å². The van der Waals surface area contributed by atoms with Crippen LogP contribution in [0.2, 0.25) is 0 Å². The lowest BCUT2D eigenvalue weighted by Crippen LogP contribution is -2.27. The van der Waals surface area contributed by atoms with Gasteiger partial charge in [-0.1, -0.05) is 43.3 Å². The molecule has 5 heteroatoms. The predicted molar refractivity (Wildman–Crippen MR) is 95.8 cm³/mol. The summed E-state index contributed by atoms with van der Waals surface area (Å²) in [5.74, 6) is 0.0934. The van der Waals surface area contributed by atoms with Crippen molar-refractivity contribution in [2.45, 2.75) is 31.6 Å². The lowest BCUT2D eigenvalue weighted by Gasteiger charge is -2.08. The Labute approximate surface area is 143 Å². The van der Waals surface area contributed by atoms with Crippen molar-refractivity contribution in [1.29, 1.82) is 0 Å². The highest BCUT2D eigenvalue weighted by Crippen LogP contribution is 2.12. The van der Waals surface area contributed by atoms with E-state index in [9.17, 15) is 13.2 Å². The van der Waals surface area contributed by atoms with Crippen LogP contribution in [0.3, 0.4) is 0 Å². The van der Waals surface area contributed by atoms with Crippen LogP contribution < -0.4 is 5.32 Å². The van der Waals surface area contributed by atoms with Crippen LogP contribution in [0.25, 0.3) is 0 Å². The Morgan fingerprint density at radius 2 is 1.71 bits per heavy atom. The zero-order valence-corrected chi connectivity index (χ0v) is 14.9. The Hall–Kier alpha value is -2.14.